The van der Waals surface area contributed by atoms with Gasteiger partial charge in [-0.2, -0.15) is 0 Å². The van der Waals surface area contributed by atoms with Gasteiger partial charge < -0.3 is 9.47 Å². The number of amides is 1. The third kappa shape index (κ3) is 3.62. The number of aromatic nitrogens is 2. The number of carbonyl (C=O) groups excluding carboxylic acids is 1. The average molecular weight is 380 g/mol. The Morgan fingerprint density at radius 1 is 1.25 bits per heavy atom. The van der Waals surface area contributed by atoms with Crippen molar-refractivity contribution in [2.24, 2.45) is 0 Å². The first kappa shape index (κ1) is 17.8. The first-order valence-electron chi connectivity index (χ1n) is 8.85. The summed E-state index contributed by atoms with van der Waals surface area (Å²) in [6.45, 7) is 0.334. The molecule has 1 saturated carbocycles. The van der Waals surface area contributed by atoms with Crippen molar-refractivity contribution < 1.29 is 14.1 Å². The van der Waals surface area contributed by atoms with Gasteiger partial charge in [-0.25, -0.2) is 9.37 Å². The summed E-state index contributed by atoms with van der Waals surface area (Å²) in [4.78, 5) is 29.7. The van der Waals surface area contributed by atoms with Gasteiger partial charge in [0.2, 0.25) is 0 Å². The lowest BCUT2D eigenvalue weighted by Crippen LogP contribution is -2.32. The molecule has 1 aliphatic carbocycles. The van der Waals surface area contributed by atoms with Crippen LogP contribution in [-0.2, 0) is 6.54 Å². The minimum Gasteiger partial charge on any atom is -0.331 e. The maximum atomic E-state index is 13.1. The molecule has 1 fully saturated rings. The number of nitro benzene ring substituents is 1. The van der Waals surface area contributed by atoms with Crippen molar-refractivity contribution in [3.63, 3.8) is 0 Å². The number of hydrogen-bond acceptors (Lipinski definition) is 4. The predicted octanol–water partition coefficient (Wildman–Crippen LogP) is 3.72. The number of imidazole rings is 1. The van der Waals surface area contributed by atoms with Gasteiger partial charge in [-0.1, -0.05) is 12.1 Å². The fourth-order valence-corrected chi connectivity index (χ4v) is 3.13. The molecule has 0 aliphatic heterocycles. The second-order valence-corrected chi connectivity index (χ2v) is 6.72. The van der Waals surface area contributed by atoms with E-state index < -0.39 is 4.92 Å². The van der Waals surface area contributed by atoms with Gasteiger partial charge in [-0.05, 0) is 42.7 Å². The van der Waals surface area contributed by atoms with Crippen molar-refractivity contribution in [2.45, 2.75) is 25.4 Å². The normalized spacial score (nSPS) is 13.3. The largest absolute Gasteiger partial charge is 0.331 e. The Morgan fingerprint density at radius 3 is 2.61 bits per heavy atom. The maximum Gasteiger partial charge on any atom is 0.294 e. The molecule has 0 unspecified atom stereocenters. The highest BCUT2D eigenvalue weighted by molar-refractivity contribution is 5.95. The summed E-state index contributed by atoms with van der Waals surface area (Å²) in [5.74, 6) is -0.606. The summed E-state index contributed by atoms with van der Waals surface area (Å²) in [7, 11) is 0. The number of hydrogen-bond donors (Lipinski definition) is 0. The fourth-order valence-electron chi connectivity index (χ4n) is 3.13. The smallest absolute Gasteiger partial charge is 0.294 e. The molecule has 0 radical (unpaired) electrons. The topological polar surface area (TPSA) is 81.3 Å². The molecule has 3 aromatic rings. The highest BCUT2D eigenvalue weighted by atomic mass is 19.1. The first-order valence-corrected chi connectivity index (χ1v) is 8.85. The second-order valence-electron chi connectivity index (χ2n) is 6.72. The summed E-state index contributed by atoms with van der Waals surface area (Å²) in [5, 5.41) is 11.5. The first-order chi connectivity index (χ1) is 13.5. The van der Waals surface area contributed by atoms with Crippen LogP contribution in [0.4, 0.5) is 10.1 Å². The zero-order valence-electron chi connectivity index (χ0n) is 14.9. The number of nitrogens with zero attached hydrogens (tertiary/aromatic N) is 4. The van der Waals surface area contributed by atoms with E-state index in [9.17, 15) is 19.3 Å². The van der Waals surface area contributed by atoms with Crippen LogP contribution in [0.1, 0.15) is 28.8 Å². The highest BCUT2D eigenvalue weighted by Gasteiger charge is 2.34. The van der Waals surface area contributed by atoms with Crippen LogP contribution in [0.2, 0.25) is 0 Å². The molecule has 1 aromatic heterocycles. The molecule has 2 aromatic carbocycles. The monoisotopic (exact) mass is 380 g/mol. The van der Waals surface area contributed by atoms with E-state index in [1.807, 2.05) is 0 Å². The molecule has 142 valence electrons. The van der Waals surface area contributed by atoms with E-state index in [1.165, 1.54) is 35.3 Å². The van der Waals surface area contributed by atoms with Gasteiger partial charge in [0, 0.05) is 36.6 Å². The zero-order valence-corrected chi connectivity index (χ0v) is 14.9. The van der Waals surface area contributed by atoms with E-state index in [0.717, 1.165) is 18.4 Å². The van der Waals surface area contributed by atoms with Crippen LogP contribution in [0, 0.1) is 15.9 Å². The lowest BCUT2D eigenvalue weighted by Gasteiger charge is -2.23. The van der Waals surface area contributed by atoms with Crippen LogP contribution >= 0.6 is 0 Å². The molecule has 0 atom stereocenters. The second kappa shape index (κ2) is 7.22. The SMILES string of the molecule is O=C(c1ccc(-n2ccnc2)c([N+](=O)[O-])c1)N(Cc1ccc(F)cc1)C1CC1. The van der Waals surface area contributed by atoms with Crippen molar-refractivity contribution in [3.8, 4) is 5.69 Å². The number of rotatable bonds is 6. The van der Waals surface area contributed by atoms with Crippen molar-refractivity contribution in [1.82, 2.24) is 14.5 Å². The van der Waals surface area contributed by atoms with Gasteiger partial charge in [-0.3, -0.25) is 14.9 Å². The van der Waals surface area contributed by atoms with Crippen LogP contribution < -0.4 is 0 Å². The minimum atomic E-state index is -0.506. The molecule has 0 spiro atoms. The summed E-state index contributed by atoms with van der Waals surface area (Å²) < 4.78 is 14.7. The van der Waals surface area contributed by atoms with E-state index in [4.69, 9.17) is 0 Å². The summed E-state index contributed by atoms with van der Waals surface area (Å²) in [6.07, 6.45) is 6.38. The van der Waals surface area contributed by atoms with Crippen LogP contribution in [0.25, 0.3) is 5.69 Å². The van der Waals surface area contributed by atoms with Gasteiger partial charge in [0.15, 0.2) is 0 Å². The maximum absolute atomic E-state index is 13.1. The Balaban J connectivity index is 1.64. The van der Waals surface area contributed by atoms with Crippen LogP contribution in [-0.4, -0.2) is 31.3 Å². The fraction of sp³-hybridized carbons (Fsp3) is 0.200. The van der Waals surface area contributed by atoms with Crippen LogP contribution in [0.15, 0.2) is 61.2 Å². The van der Waals surface area contributed by atoms with Crippen molar-refractivity contribution in [3.05, 3.63) is 88.2 Å². The highest BCUT2D eigenvalue weighted by Crippen LogP contribution is 2.31. The van der Waals surface area contributed by atoms with Gasteiger partial charge >= 0.3 is 0 Å². The van der Waals surface area contributed by atoms with Crippen molar-refractivity contribution >= 4 is 11.6 Å². The van der Waals surface area contributed by atoms with E-state index in [1.54, 1.807) is 35.4 Å². The summed E-state index contributed by atoms with van der Waals surface area (Å²) in [5.41, 5.74) is 1.24. The van der Waals surface area contributed by atoms with E-state index in [2.05, 4.69) is 4.98 Å². The standard InChI is InChI=1S/C20H17FN4O3/c21-16-4-1-14(2-5-16)12-24(17-6-7-17)20(26)15-3-8-18(19(11-15)25(27)28)23-10-9-22-13-23/h1-5,8-11,13,17H,6-7,12H2. The lowest BCUT2D eigenvalue weighted by molar-refractivity contribution is -0.384. The zero-order chi connectivity index (χ0) is 19.7. The number of nitro groups is 1. The van der Waals surface area contributed by atoms with E-state index in [0.29, 0.717) is 12.2 Å². The molecule has 28 heavy (non-hydrogen) atoms. The molecule has 0 N–H and O–H groups in total. The summed E-state index contributed by atoms with van der Waals surface area (Å²) >= 11 is 0. The number of carbonyl (C=O) groups is 1. The van der Waals surface area contributed by atoms with Crippen LogP contribution in [0.3, 0.4) is 0 Å². The van der Waals surface area contributed by atoms with Crippen molar-refractivity contribution in [2.75, 3.05) is 0 Å². The van der Waals surface area contributed by atoms with Gasteiger partial charge in [0.05, 0.1) is 11.3 Å². The Labute approximate surface area is 160 Å². The molecule has 0 bridgehead atoms. The molecule has 8 heteroatoms. The molecule has 1 heterocycles. The van der Waals surface area contributed by atoms with E-state index >= 15 is 0 Å². The van der Waals surface area contributed by atoms with Crippen molar-refractivity contribution in [1.29, 1.82) is 0 Å². The third-order valence-electron chi connectivity index (χ3n) is 4.72. The molecular weight excluding hydrogens is 363 g/mol. The minimum absolute atomic E-state index is 0.102. The molecule has 1 aliphatic rings. The van der Waals surface area contributed by atoms with Gasteiger partial charge in [0.1, 0.15) is 11.5 Å². The quantitative estimate of drug-likeness (QED) is 0.482. The molecule has 7 nitrogen and oxygen atoms in total. The average Bonchev–Trinajstić information content (AvgIpc) is 3.39. The molecule has 0 saturated heterocycles. The Bertz CT molecular complexity index is 1010. The lowest BCUT2D eigenvalue weighted by atomic mass is 10.1. The Kier molecular flexibility index (Phi) is 4.60. The van der Waals surface area contributed by atoms with Gasteiger partial charge in [-0.15, -0.1) is 0 Å². The van der Waals surface area contributed by atoms with E-state index in [-0.39, 0.29) is 29.0 Å². The van der Waals surface area contributed by atoms with Gasteiger partial charge in [0.25, 0.3) is 11.6 Å². The Hall–Kier alpha value is -3.55. The summed E-state index contributed by atoms with van der Waals surface area (Å²) in [6, 6.07) is 10.5. The third-order valence-corrected chi connectivity index (χ3v) is 4.72. The Morgan fingerprint density at radius 2 is 2.00 bits per heavy atom. The number of benzene rings is 2. The molecular formula is C20H17FN4O3. The van der Waals surface area contributed by atoms with Crippen LogP contribution in [0.5, 0.6) is 0 Å². The molecule has 1 amide bonds. The predicted molar refractivity (Wildman–Crippen MR) is 99.5 cm³/mol. The number of halogens is 1. The molecule has 4 rings (SSSR count).